The number of halogens is 1. The Morgan fingerprint density at radius 2 is 2.33 bits per heavy atom. The highest BCUT2D eigenvalue weighted by Gasteiger charge is 2.17. The van der Waals surface area contributed by atoms with E-state index in [0.717, 1.165) is 10.1 Å². The van der Waals surface area contributed by atoms with Gasteiger partial charge in [-0.3, -0.25) is 10.1 Å². The van der Waals surface area contributed by atoms with E-state index >= 15 is 0 Å². The Labute approximate surface area is 136 Å². The molecule has 0 spiro atoms. The van der Waals surface area contributed by atoms with E-state index in [0.29, 0.717) is 15.9 Å². The lowest BCUT2D eigenvalue weighted by molar-refractivity contribution is -0.122. The van der Waals surface area contributed by atoms with Crippen LogP contribution >= 0.6 is 34.7 Å². The minimum absolute atomic E-state index is 0.279. The van der Waals surface area contributed by atoms with Crippen molar-refractivity contribution in [2.24, 2.45) is 0 Å². The molecule has 1 atom stereocenters. The number of anilines is 1. The zero-order chi connectivity index (χ0) is 15.2. The molecule has 0 aliphatic rings. The third-order valence-electron chi connectivity index (χ3n) is 2.38. The number of carbonyl (C=O) groups excluding carboxylic acids is 1. The van der Waals surface area contributed by atoms with E-state index in [9.17, 15) is 4.79 Å². The fourth-order valence-corrected chi connectivity index (χ4v) is 3.28. The van der Waals surface area contributed by atoms with Crippen LogP contribution in [0.1, 0.15) is 13.8 Å². The van der Waals surface area contributed by atoms with E-state index in [4.69, 9.17) is 16.3 Å². The standard InChI is InChI=1S/C13H14ClN3O2S2/c1-3-20-13-17-16-12(21-13)15-11(18)8(2)19-10-6-4-5-9(14)7-10/h4-8H,3H2,1-2H3,(H,15,16,18)/t8-/m0/s1. The molecule has 8 heteroatoms. The minimum Gasteiger partial charge on any atom is -0.481 e. The maximum atomic E-state index is 12.0. The van der Waals surface area contributed by atoms with E-state index in [1.807, 2.05) is 6.92 Å². The Morgan fingerprint density at radius 1 is 1.52 bits per heavy atom. The first-order valence-electron chi connectivity index (χ1n) is 6.28. The second kappa shape index (κ2) is 7.63. The van der Waals surface area contributed by atoms with E-state index in [1.54, 1.807) is 43.0 Å². The molecule has 0 saturated heterocycles. The summed E-state index contributed by atoms with van der Waals surface area (Å²) in [6.45, 7) is 3.70. The van der Waals surface area contributed by atoms with Crippen LogP contribution in [-0.2, 0) is 4.79 Å². The summed E-state index contributed by atoms with van der Waals surface area (Å²) in [5.74, 6) is 1.18. The average Bonchev–Trinajstić information content (AvgIpc) is 2.86. The summed E-state index contributed by atoms with van der Waals surface area (Å²) in [7, 11) is 0. The lowest BCUT2D eigenvalue weighted by atomic mass is 10.3. The molecule has 0 aliphatic heterocycles. The number of thioether (sulfide) groups is 1. The molecule has 0 bridgehead atoms. The highest BCUT2D eigenvalue weighted by molar-refractivity contribution is 8.01. The molecule has 0 aliphatic carbocycles. The Kier molecular flexibility index (Phi) is 5.84. The van der Waals surface area contributed by atoms with Gasteiger partial charge >= 0.3 is 0 Å². The number of ether oxygens (including phenoxy) is 1. The number of benzene rings is 1. The number of carbonyl (C=O) groups is 1. The molecule has 2 aromatic rings. The summed E-state index contributed by atoms with van der Waals surface area (Å²) in [4.78, 5) is 12.0. The summed E-state index contributed by atoms with van der Waals surface area (Å²) in [6.07, 6.45) is -0.658. The molecule has 1 amide bonds. The summed E-state index contributed by atoms with van der Waals surface area (Å²) >= 11 is 8.80. The molecule has 0 unspecified atom stereocenters. The van der Waals surface area contributed by atoms with Gasteiger partial charge in [-0.1, -0.05) is 47.7 Å². The van der Waals surface area contributed by atoms with Gasteiger partial charge in [-0.05, 0) is 30.9 Å². The van der Waals surface area contributed by atoms with Gasteiger partial charge in [-0.2, -0.15) is 0 Å². The molecule has 112 valence electrons. The molecule has 0 fully saturated rings. The normalized spacial score (nSPS) is 12.0. The van der Waals surface area contributed by atoms with Gasteiger partial charge in [-0.15, -0.1) is 10.2 Å². The minimum atomic E-state index is -0.658. The van der Waals surface area contributed by atoms with Crippen LogP contribution in [-0.4, -0.2) is 28.0 Å². The van der Waals surface area contributed by atoms with Crippen molar-refractivity contribution in [3.05, 3.63) is 29.3 Å². The van der Waals surface area contributed by atoms with Crippen LogP contribution in [0.3, 0.4) is 0 Å². The lowest BCUT2D eigenvalue weighted by Crippen LogP contribution is -2.30. The second-order valence-corrected chi connectivity index (χ2v) is 6.94. The zero-order valence-electron chi connectivity index (χ0n) is 11.5. The Bertz CT molecular complexity index is 621. The molecule has 1 N–H and O–H groups in total. The van der Waals surface area contributed by atoms with Crippen molar-refractivity contribution in [3.8, 4) is 5.75 Å². The molecule has 1 aromatic heterocycles. The molecule has 0 saturated carbocycles. The molecule has 1 heterocycles. The quantitative estimate of drug-likeness (QED) is 0.640. The highest BCUT2D eigenvalue weighted by atomic mass is 35.5. The van der Waals surface area contributed by atoms with Crippen molar-refractivity contribution in [2.45, 2.75) is 24.3 Å². The van der Waals surface area contributed by atoms with Gasteiger partial charge in [-0.25, -0.2) is 0 Å². The summed E-state index contributed by atoms with van der Waals surface area (Å²) in [5, 5.41) is 11.6. The summed E-state index contributed by atoms with van der Waals surface area (Å²) < 4.78 is 6.37. The number of aromatic nitrogens is 2. The predicted octanol–water partition coefficient (Wildman–Crippen LogP) is 3.71. The number of rotatable bonds is 6. The monoisotopic (exact) mass is 343 g/mol. The third kappa shape index (κ3) is 4.87. The SMILES string of the molecule is CCSc1nnc(NC(=O)[C@H](C)Oc2cccc(Cl)c2)s1. The molecule has 2 rings (SSSR count). The Hall–Kier alpha value is -1.31. The van der Waals surface area contributed by atoms with Gasteiger partial charge < -0.3 is 4.74 Å². The molecule has 0 radical (unpaired) electrons. The molecule has 1 aromatic carbocycles. The highest BCUT2D eigenvalue weighted by Crippen LogP contribution is 2.25. The van der Waals surface area contributed by atoms with E-state index < -0.39 is 6.10 Å². The predicted molar refractivity (Wildman–Crippen MR) is 86.5 cm³/mol. The van der Waals surface area contributed by atoms with E-state index in [2.05, 4.69) is 15.5 Å². The van der Waals surface area contributed by atoms with Crippen molar-refractivity contribution in [3.63, 3.8) is 0 Å². The van der Waals surface area contributed by atoms with Gasteiger partial charge in [0.25, 0.3) is 5.91 Å². The van der Waals surface area contributed by atoms with Crippen LogP contribution in [0.15, 0.2) is 28.6 Å². The van der Waals surface area contributed by atoms with Crippen LogP contribution < -0.4 is 10.1 Å². The van der Waals surface area contributed by atoms with Crippen LogP contribution in [0.2, 0.25) is 5.02 Å². The molecule has 5 nitrogen and oxygen atoms in total. The fraction of sp³-hybridized carbons (Fsp3) is 0.308. The number of hydrogen-bond donors (Lipinski definition) is 1. The number of nitrogens with one attached hydrogen (secondary N) is 1. The lowest BCUT2D eigenvalue weighted by Gasteiger charge is -2.13. The average molecular weight is 344 g/mol. The van der Waals surface area contributed by atoms with Crippen molar-refractivity contribution >= 4 is 45.7 Å². The number of hydrogen-bond acceptors (Lipinski definition) is 6. The summed E-state index contributed by atoms with van der Waals surface area (Å²) in [6, 6.07) is 6.91. The van der Waals surface area contributed by atoms with Crippen LogP contribution in [0, 0.1) is 0 Å². The first-order chi connectivity index (χ1) is 10.1. The van der Waals surface area contributed by atoms with E-state index in [1.165, 1.54) is 11.3 Å². The molecular weight excluding hydrogens is 330 g/mol. The van der Waals surface area contributed by atoms with Crippen molar-refractivity contribution in [2.75, 3.05) is 11.1 Å². The van der Waals surface area contributed by atoms with Crippen LogP contribution in [0.5, 0.6) is 5.75 Å². The maximum Gasteiger partial charge on any atom is 0.266 e. The van der Waals surface area contributed by atoms with Gasteiger partial charge in [0, 0.05) is 5.02 Å². The van der Waals surface area contributed by atoms with E-state index in [-0.39, 0.29) is 5.91 Å². The van der Waals surface area contributed by atoms with Crippen molar-refractivity contribution < 1.29 is 9.53 Å². The van der Waals surface area contributed by atoms with Gasteiger partial charge in [0.1, 0.15) is 5.75 Å². The Morgan fingerprint density at radius 3 is 3.05 bits per heavy atom. The van der Waals surface area contributed by atoms with Crippen LogP contribution in [0.4, 0.5) is 5.13 Å². The fourth-order valence-electron chi connectivity index (χ4n) is 1.45. The second-order valence-electron chi connectivity index (χ2n) is 4.01. The maximum absolute atomic E-state index is 12.0. The first-order valence-corrected chi connectivity index (χ1v) is 8.46. The number of nitrogens with zero attached hydrogens (tertiary/aromatic N) is 2. The summed E-state index contributed by atoms with van der Waals surface area (Å²) in [5.41, 5.74) is 0. The van der Waals surface area contributed by atoms with Gasteiger partial charge in [0.05, 0.1) is 0 Å². The first kappa shape index (κ1) is 16.1. The molecular formula is C13H14ClN3O2S2. The molecule has 21 heavy (non-hydrogen) atoms. The smallest absolute Gasteiger partial charge is 0.266 e. The van der Waals surface area contributed by atoms with Gasteiger partial charge in [0.2, 0.25) is 5.13 Å². The topological polar surface area (TPSA) is 64.1 Å². The van der Waals surface area contributed by atoms with Crippen molar-refractivity contribution in [1.82, 2.24) is 10.2 Å². The zero-order valence-corrected chi connectivity index (χ0v) is 13.9. The Balaban J connectivity index is 1.92. The number of amides is 1. The van der Waals surface area contributed by atoms with Crippen LogP contribution in [0.25, 0.3) is 0 Å². The largest absolute Gasteiger partial charge is 0.481 e. The van der Waals surface area contributed by atoms with Gasteiger partial charge in [0.15, 0.2) is 10.4 Å². The van der Waals surface area contributed by atoms with Crippen molar-refractivity contribution in [1.29, 1.82) is 0 Å². The third-order valence-corrected chi connectivity index (χ3v) is 4.47.